The van der Waals surface area contributed by atoms with E-state index in [1.165, 1.54) is 20.8 Å². The predicted octanol–water partition coefficient (Wildman–Crippen LogP) is 3.52. The molecule has 6 aliphatic rings. The van der Waals surface area contributed by atoms with Gasteiger partial charge < -0.3 is 108 Å². The lowest BCUT2D eigenvalue weighted by Gasteiger charge is -2.51. The first-order valence-electron chi connectivity index (χ1n) is 32.3. The molecule has 0 amide bonds. The fourth-order valence-electron chi connectivity index (χ4n) is 12.0. The third-order valence-corrected chi connectivity index (χ3v) is 17.7. The highest BCUT2D eigenvalue weighted by Crippen LogP contribution is 2.39. The van der Waals surface area contributed by atoms with Crippen LogP contribution in [0, 0.1) is 5.92 Å². The summed E-state index contributed by atoms with van der Waals surface area (Å²) < 4.78 is 81.8. The van der Waals surface area contributed by atoms with Gasteiger partial charge in [-0.05, 0) is 59.8 Å². The Balaban J connectivity index is 1.37. The van der Waals surface area contributed by atoms with Crippen molar-refractivity contribution < 1.29 is 122 Å². The molecule has 9 N–H and O–H groups in total. The number of carbonyl (C=O) groups excluding carboxylic acids is 3. The molecular formula is C61H106O25. The van der Waals surface area contributed by atoms with Gasteiger partial charge in [0.25, 0.3) is 0 Å². The Morgan fingerprint density at radius 1 is 0.500 bits per heavy atom. The number of hydrogen-bond donors (Lipinski definition) is 9. The average Bonchev–Trinajstić information content (AvgIpc) is 1.04. The van der Waals surface area contributed by atoms with Gasteiger partial charge in [0.15, 0.2) is 49.8 Å². The molecule has 6 saturated heterocycles. The van der Waals surface area contributed by atoms with E-state index in [0.29, 0.717) is 38.5 Å². The number of ether oxygens (including phenoxy) is 13. The maximum absolute atomic E-state index is 14.3. The Morgan fingerprint density at radius 3 is 1.73 bits per heavy atom. The summed E-state index contributed by atoms with van der Waals surface area (Å²) >= 11 is 0. The molecule has 0 saturated carbocycles. The average molecular weight is 1240 g/mol. The van der Waals surface area contributed by atoms with Crippen molar-refractivity contribution in [3.05, 3.63) is 0 Å². The van der Waals surface area contributed by atoms with Gasteiger partial charge in [-0.1, -0.05) is 124 Å². The molecule has 0 aromatic carbocycles. The highest BCUT2D eigenvalue weighted by atomic mass is 16.8. The van der Waals surface area contributed by atoms with Crippen LogP contribution in [0.1, 0.15) is 197 Å². The van der Waals surface area contributed by atoms with E-state index in [4.69, 9.17) is 61.6 Å². The monoisotopic (exact) mass is 1240 g/mol. The summed E-state index contributed by atoms with van der Waals surface area (Å²) in [5, 5.41) is 102. The number of rotatable bonds is 23. The molecule has 0 radical (unpaired) electrons. The minimum Gasteiger partial charge on any atom is -0.457 e. The highest BCUT2D eigenvalue weighted by Gasteiger charge is 2.59. The molecular weight excluding hydrogens is 1130 g/mol. The highest BCUT2D eigenvalue weighted by molar-refractivity contribution is 5.72. The van der Waals surface area contributed by atoms with Gasteiger partial charge in [-0.25, -0.2) is 0 Å². The van der Waals surface area contributed by atoms with Crippen LogP contribution in [0.15, 0.2) is 0 Å². The van der Waals surface area contributed by atoms with Crippen molar-refractivity contribution in [3.8, 4) is 0 Å². The van der Waals surface area contributed by atoms with Crippen LogP contribution in [-0.2, 0) is 76.0 Å². The van der Waals surface area contributed by atoms with Crippen molar-refractivity contribution in [3.63, 3.8) is 0 Å². The van der Waals surface area contributed by atoms with Crippen LogP contribution in [0.3, 0.4) is 0 Å². The molecule has 0 aliphatic carbocycles. The second-order valence-corrected chi connectivity index (χ2v) is 24.6. The Labute approximate surface area is 507 Å². The standard InChI is InChI=1S/C61H106O25/c1-9-12-13-14-15-16-19-22-26-30-40(64)81-55-54(86-58-46(70)43(67)42(66)38(31-62)79-58)51(83-57-47(71)45(69)49(34(6)75-57)82-56(73)32(4)11-3)36(8)77-61(55)84-50-35(7)76-59-48(72)52(50)80-39(63)29-25-23-20-17-18-21-24-28-37(27-10-2)78-60-53(85-59)44(68)41(65)33(5)74-60/h32-38,41-55,57-62,65-72H,9-31H2,1-8H3/t32-,33+,34-,35-,36-,37?,38+,41-,42+,43-,44-,45-,46+,47+,48+,49-,50-,51-,52+,53+,54+,55+,57-,58-,59-,60-,61-/m0/s1. The minimum absolute atomic E-state index is 0.0435. The molecule has 500 valence electrons. The van der Waals surface area contributed by atoms with E-state index in [0.717, 1.165) is 89.9 Å². The number of aliphatic hydroxyl groups excluding tert-OH is 9. The Bertz CT molecular complexity index is 1970. The van der Waals surface area contributed by atoms with Crippen LogP contribution in [0.2, 0.25) is 0 Å². The lowest BCUT2D eigenvalue weighted by molar-refractivity contribution is -0.400. The van der Waals surface area contributed by atoms with Crippen molar-refractivity contribution in [1.82, 2.24) is 0 Å². The van der Waals surface area contributed by atoms with Gasteiger partial charge in [0.05, 0.1) is 43.0 Å². The van der Waals surface area contributed by atoms with Gasteiger partial charge in [0.2, 0.25) is 0 Å². The largest absolute Gasteiger partial charge is 0.457 e. The van der Waals surface area contributed by atoms with E-state index in [9.17, 15) is 60.3 Å². The van der Waals surface area contributed by atoms with Crippen molar-refractivity contribution in [1.29, 1.82) is 0 Å². The van der Waals surface area contributed by atoms with Gasteiger partial charge in [-0.15, -0.1) is 0 Å². The van der Waals surface area contributed by atoms with E-state index in [2.05, 4.69) is 6.92 Å². The van der Waals surface area contributed by atoms with Crippen LogP contribution in [0.5, 0.6) is 0 Å². The first-order valence-corrected chi connectivity index (χ1v) is 32.3. The lowest BCUT2D eigenvalue weighted by atomic mass is 9.95. The molecule has 25 heteroatoms. The zero-order valence-electron chi connectivity index (χ0n) is 51.9. The number of carbonyl (C=O) groups is 3. The van der Waals surface area contributed by atoms with Gasteiger partial charge >= 0.3 is 17.9 Å². The van der Waals surface area contributed by atoms with Crippen LogP contribution in [0.25, 0.3) is 0 Å². The van der Waals surface area contributed by atoms with E-state index in [1.807, 2.05) is 6.92 Å². The number of aliphatic hydroxyl groups is 9. The molecule has 0 aromatic rings. The fourth-order valence-corrected chi connectivity index (χ4v) is 12.0. The van der Waals surface area contributed by atoms with Crippen molar-refractivity contribution >= 4 is 17.9 Å². The van der Waals surface area contributed by atoms with E-state index >= 15 is 0 Å². The number of hydrogen-bond acceptors (Lipinski definition) is 25. The number of esters is 3. The summed E-state index contributed by atoms with van der Waals surface area (Å²) in [5.41, 5.74) is 0. The van der Waals surface area contributed by atoms with Crippen molar-refractivity contribution in [2.24, 2.45) is 5.92 Å². The summed E-state index contributed by atoms with van der Waals surface area (Å²) in [6, 6.07) is 0. The zero-order valence-corrected chi connectivity index (χ0v) is 51.9. The molecule has 6 fully saturated rings. The molecule has 27 atom stereocenters. The minimum atomic E-state index is -2.02. The normalized spacial score (nSPS) is 42.0. The predicted molar refractivity (Wildman–Crippen MR) is 303 cm³/mol. The summed E-state index contributed by atoms with van der Waals surface area (Å²) in [4.78, 5) is 41.3. The van der Waals surface area contributed by atoms with E-state index < -0.39 is 184 Å². The van der Waals surface area contributed by atoms with Crippen molar-refractivity contribution in [2.45, 2.75) is 356 Å². The maximum atomic E-state index is 14.3. The summed E-state index contributed by atoms with van der Waals surface area (Å²) in [6.07, 6.45) is -23.2. The molecule has 86 heavy (non-hydrogen) atoms. The van der Waals surface area contributed by atoms with Crippen LogP contribution in [0.4, 0.5) is 0 Å². The molecule has 6 heterocycles. The molecule has 25 nitrogen and oxygen atoms in total. The quantitative estimate of drug-likeness (QED) is 0.0401. The lowest BCUT2D eigenvalue weighted by Crippen LogP contribution is -2.68. The Kier molecular flexibility index (Phi) is 30.5. The first kappa shape index (κ1) is 72.7. The molecule has 6 aliphatic heterocycles. The van der Waals surface area contributed by atoms with E-state index in [1.54, 1.807) is 20.8 Å². The third-order valence-electron chi connectivity index (χ3n) is 17.7. The fraction of sp³-hybridized carbons (Fsp3) is 0.951. The van der Waals surface area contributed by atoms with Gasteiger partial charge in [0, 0.05) is 12.8 Å². The van der Waals surface area contributed by atoms with Crippen LogP contribution in [-0.4, -0.2) is 230 Å². The maximum Gasteiger partial charge on any atom is 0.309 e. The topological polar surface area (TPSA) is 353 Å². The summed E-state index contributed by atoms with van der Waals surface area (Å²) in [6.45, 7) is 12.9. The molecule has 2 bridgehead atoms. The third kappa shape index (κ3) is 19.8. The first-order chi connectivity index (χ1) is 41.1. The van der Waals surface area contributed by atoms with Crippen LogP contribution < -0.4 is 0 Å². The number of fused-ring (bicyclic) bond motifs is 3. The van der Waals surface area contributed by atoms with Gasteiger partial charge in [-0.3, -0.25) is 14.4 Å². The second-order valence-electron chi connectivity index (χ2n) is 24.6. The smallest absolute Gasteiger partial charge is 0.309 e. The Hall–Kier alpha value is -2.35. The molecule has 1 unspecified atom stereocenters. The molecule has 0 aromatic heterocycles. The summed E-state index contributed by atoms with van der Waals surface area (Å²) in [7, 11) is 0. The SMILES string of the molecule is CCCCCCCCCCCC(=O)O[C@H]1[C@H](O[C@@H]2[C@@H]3OC(=O)CCCCCCCCCC(CCC)O[C@@H]4O[C@H](C)[C@H](O)[C@H](O)[C@H]4O[C@H](O[C@H]2C)[C@@H]3O)O[C@@H](C)[C@H](O[C@@H]2O[C@@H](C)[C@H](OC(=O)[C@@H](C)CC)[C@@H](O)[C@H]2O)[C@H]1O[C@@H]1O[C@H](CO)[C@@H](O)[C@H](O)[C@H]1O. The Morgan fingerprint density at radius 2 is 1.07 bits per heavy atom. The van der Waals surface area contributed by atoms with E-state index in [-0.39, 0.29) is 18.9 Å². The number of unbranched alkanes of at least 4 members (excludes halogenated alkanes) is 8. The van der Waals surface area contributed by atoms with Gasteiger partial charge in [-0.2, -0.15) is 0 Å². The molecule has 6 rings (SSSR count). The van der Waals surface area contributed by atoms with Crippen molar-refractivity contribution in [2.75, 3.05) is 6.61 Å². The zero-order chi connectivity index (χ0) is 62.8. The molecule has 0 spiro atoms. The van der Waals surface area contributed by atoms with Gasteiger partial charge in [0.1, 0.15) is 79.4 Å². The van der Waals surface area contributed by atoms with Crippen LogP contribution >= 0.6 is 0 Å². The summed E-state index contributed by atoms with van der Waals surface area (Å²) in [5.74, 6) is -2.66. The second kappa shape index (κ2) is 36.0.